The van der Waals surface area contributed by atoms with Crippen LogP contribution in [0.2, 0.25) is 0 Å². The third kappa shape index (κ3) is 2.78. The Morgan fingerprint density at radius 3 is 2.62 bits per heavy atom. The molecule has 1 N–H and O–H groups in total. The summed E-state index contributed by atoms with van der Waals surface area (Å²) in [4.78, 5) is 4.79. The van der Waals surface area contributed by atoms with Crippen molar-refractivity contribution in [3.8, 4) is 11.5 Å². The van der Waals surface area contributed by atoms with E-state index in [0.717, 1.165) is 5.01 Å². The molecular weight excluding hydrogens is 352 g/mol. The number of methoxy groups -OCH3 is 2. The summed E-state index contributed by atoms with van der Waals surface area (Å²) in [7, 11) is -0.912. The molecule has 3 rings (SSSR count). The van der Waals surface area contributed by atoms with Crippen LogP contribution in [0, 0.1) is 13.8 Å². The summed E-state index contributed by atoms with van der Waals surface area (Å²) in [5.41, 5.74) is 0.688. The number of fused-ring (bicyclic) bond motifs is 1. The van der Waals surface area contributed by atoms with E-state index in [0.29, 0.717) is 27.8 Å². The van der Waals surface area contributed by atoms with Gasteiger partial charge in [-0.3, -0.25) is 4.72 Å². The quantitative estimate of drug-likeness (QED) is 0.742. The lowest BCUT2D eigenvalue weighted by Crippen LogP contribution is -2.17. The van der Waals surface area contributed by atoms with E-state index in [1.54, 1.807) is 32.0 Å². The first-order chi connectivity index (χ1) is 11.4. The minimum absolute atomic E-state index is 0.0136. The van der Waals surface area contributed by atoms with E-state index in [1.165, 1.54) is 30.1 Å². The van der Waals surface area contributed by atoms with Gasteiger partial charge in [0.05, 0.1) is 25.6 Å². The van der Waals surface area contributed by atoms with Crippen molar-refractivity contribution < 1.29 is 17.9 Å². The summed E-state index contributed by atoms with van der Waals surface area (Å²) in [5.74, 6) is 0.915. The second-order valence-electron chi connectivity index (χ2n) is 4.99. The molecule has 1 aromatic carbocycles. The molecule has 24 heavy (non-hydrogen) atoms. The molecule has 10 heteroatoms. The van der Waals surface area contributed by atoms with Gasteiger partial charge in [0.25, 0.3) is 10.0 Å². The lowest BCUT2D eigenvalue weighted by molar-refractivity contribution is 0.395. The summed E-state index contributed by atoms with van der Waals surface area (Å²) in [5, 5.41) is 4.96. The van der Waals surface area contributed by atoms with Crippen LogP contribution in [-0.2, 0) is 10.0 Å². The fourth-order valence-corrected chi connectivity index (χ4v) is 4.50. The zero-order valence-corrected chi connectivity index (χ0v) is 15.2. The average Bonchev–Trinajstić information content (AvgIpc) is 3.01. The van der Waals surface area contributed by atoms with Crippen LogP contribution in [0.25, 0.3) is 4.96 Å². The van der Waals surface area contributed by atoms with Crippen LogP contribution < -0.4 is 14.2 Å². The number of rotatable bonds is 5. The topological polar surface area (TPSA) is 94.8 Å². The highest BCUT2D eigenvalue weighted by Crippen LogP contribution is 2.31. The molecule has 0 aliphatic carbocycles. The van der Waals surface area contributed by atoms with Crippen molar-refractivity contribution >= 4 is 32.0 Å². The molecule has 0 amide bonds. The Bertz CT molecular complexity index is 1010. The number of sulfonamides is 1. The molecule has 2 aromatic heterocycles. The van der Waals surface area contributed by atoms with Crippen molar-refractivity contribution in [2.24, 2.45) is 0 Å². The molecule has 0 aliphatic rings. The highest BCUT2D eigenvalue weighted by molar-refractivity contribution is 7.92. The molecular formula is C14H16N4O4S2. The van der Waals surface area contributed by atoms with E-state index in [2.05, 4.69) is 14.8 Å². The smallest absolute Gasteiger partial charge is 0.281 e. The minimum atomic E-state index is -3.89. The highest BCUT2D eigenvalue weighted by Gasteiger charge is 2.26. The number of anilines is 1. The number of hydrogen-bond donors (Lipinski definition) is 1. The van der Waals surface area contributed by atoms with Crippen molar-refractivity contribution in [1.82, 2.24) is 14.6 Å². The maximum absolute atomic E-state index is 12.8. The molecule has 0 saturated carbocycles. The van der Waals surface area contributed by atoms with E-state index in [9.17, 15) is 8.42 Å². The second-order valence-corrected chi connectivity index (χ2v) is 7.75. The van der Waals surface area contributed by atoms with Crippen LogP contribution in [0.1, 0.15) is 10.7 Å². The first kappa shape index (κ1) is 16.5. The Balaban J connectivity index is 2.06. The molecule has 8 nitrogen and oxygen atoms in total. The van der Waals surface area contributed by atoms with Crippen LogP contribution in [0.3, 0.4) is 0 Å². The van der Waals surface area contributed by atoms with Crippen molar-refractivity contribution in [1.29, 1.82) is 0 Å². The number of ether oxygens (including phenoxy) is 2. The van der Waals surface area contributed by atoms with Crippen molar-refractivity contribution in [2.75, 3.05) is 18.9 Å². The summed E-state index contributed by atoms with van der Waals surface area (Å²) in [6.45, 7) is 3.43. The predicted molar refractivity (Wildman–Crippen MR) is 90.7 cm³/mol. The monoisotopic (exact) mass is 368 g/mol. The number of benzene rings is 1. The van der Waals surface area contributed by atoms with Gasteiger partial charge in [-0.05, 0) is 26.0 Å². The van der Waals surface area contributed by atoms with E-state index in [4.69, 9.17) is 9.47 Å². The van der Waals surface area contributed by atoms with Gasteiger partial charge in [0.2, 0.25) is 9.99 Å². The predicted octanol–water partition coefficient (Wildman–Crippen LogP) is 2.23. The minimum Gasteiger partial charge on any atom is -0.497 e. The normalized spacial score (nSPS) is 11.7. The van der Waals surface area contributed by atoms with Gasteiger partial charge in [-0.1, -0.05) is 11.3 Å². The molecule has 0 spiro atoms. The summed E-state index contributed by atoms with van der Waals surface area (Å²) < 4.78 is 39.9. The lowest BCUT2D eigenvalue weighted by Gasteiger charge is -2.12. The zero-order valence-electron chi connectivity index (χ0n) is 13.5. The summed E-state index contributed by atoms with van der Waals surface area (Å²) in [6.07, 6.45) is 0. The molecule has 0 bridgehead atoms. The van der Waals surface area contributed by atoms with Crippen LogP contribution in [0.5, 0.6) is 11.5 Å². The summed E-state index contributed by atoms with van der Waals surface area (Å²) in [6, 6.07) is 4.82. The van der Waals surface area contributed by atoms with Crippen molar-refractivity contribution in [2.45, 2.75) is 18.9 Å². The van der Waals surface area contributed by atoms with Crippen LogP contribution >= 0.6 is 11.3 Å². The molecule has 0 radical (unpaired) electrons. The fourth-order valence-electron chi connectivity index (χ4n) is 2.31. The Morgan fingerprint density at radius 2 is 1.96 bits per heavy atom. The van der Waals surface area contributed by atoms with Crippen molar-refractivity contribution in [3.05, 3.63) is 28.9 Å². The van der Waals surface area contributed by atoms with Gasteiger partial charge in [0.15, 0.2) is 0 Å². The van der Waals surface area contributed by atoms with E-state index >= 15 is 0 Å². The molecule has 0 saturated heterocycles. The standard InChI is InChI=1S/C14H16N4O4S2/c1-8-13(18-14(15-8)23-9(2)16-18)24(19,20)17-11-6-5-10(21-3)7-12(11)22-4/h5-7,17H,1-4H3. The Labute approximate surface area is 143 Å². The van der Waals surface area contributed by atoms with Gasteiger partial charge in [-0.15, -0.1) is 0 Å². The number of nitrogens with one attached hydrogen (secondary N) is 1. The zero-order chi connectivity index (χ0) is 17.5. The SMILES string of the molecule is COc1ccc(NS(=O)(=O)c2c(C)nc3sc(C)nn23)c(OC)c1. The maximum Gasteiger partial charge on any atom is 0.281 e. The molecule has 3 aromatic rings. The van der Waals surface area contributed by atoms with Crippen molar-refractivity contribution in [3.63, 3.8) is 0 Å². The number of hydrogen-bond acceptors (Lipinski definition) is 7. The second kappa shape index (κ2) is 5.95. The third-order valence-corrected chi connectivity index (χ3v) is 5.62. The molecule has 0 atom stereocenters. The van der Waals surface area contributed by atoms with Crippen LogP contribution in [-0.4, -0.2) is 37.2 Å². The van der Waals surface area contributed by atoms with E-state index < -0.39 is 10.0 Å². The van der Waals surface area contributed by atoms with Gasteiger partial charge in [0, 0.05) is 6.07 Å². The molecule has 128 valence electrons. The lowest BCUT2D eigenvalue weighted by atomic mass is 10.3. The largest absolute Gasteiger partial charge is 0.497 e. The van der Waals surface area contributed by atoms with Gasteiger partial charge in [0.1, 0.15) is 16.5 Å². The maximum atomic E-state index is 12.8. The number of aromatic nitrogens is 3. The average molecular weight is 368 g/mol. The molecule has 0 unspecified atom stereocenters. The van der Waals surface area contributed by atoms with Gasteiger partial charge in [-0.25, -0.2) is 4.98 Å². The number of nitrogens with zero attached hydrogens (tertiary/aromatic N) is 3. The van der Waals surface area contributed by atoms with E-state index in [-0.39, 0.29) is 5.03 Å². The van der Waals surface area contributed by atoms with Gasteiger partial charge >= 0.3 is 0 Å². The molecule has 2 heterocycles. The van der Waals surface area contributed by atoms with Gasteiger partial charge < -0.3 is 9.47 Å². The van der Waals surface area contributed by atoms with Gasteiger partial charge in [-0.2, -0.15) is 18.0 Å². The highest BCUT2D eigenvalue weighted by atomic mass is 32.2. The van der Waals surface area contributed by atoms with Crippen LogP contribution in [0.4, 0.5) is 5.69 Å². The number of imidazole rings is 1. The number of aryl methyl sites for hydroxylation is 2. The third-order valence-electron chi connectivity index (χ3n) is 3.33. The Kier molecular flexibility index (Phi) is 4.10. The first-order valence-corrected chi connectivity index (χ1v) is 9.23. The van der Waals surface area contributed by atoms with E-state index in [1.807, 2.05) is 0 Å². The van der Waals surface area contributed by atoms with Crippen LogP contribution in [0.15, 0.2) is 23.2 Å². The first-order valence-electron chi connectivity index (χ1n) is 6.93. The fraction of sp³-hybridized carbons (Fsp3) is 0.286. The Morgan fingerprint density at radius 1 is 1.21 bits per heavy atom. The Hall–Kier alpha value is -2.33. The molecule has 0 aliphatic heterocycles. The molecule has 0 fully saturated rings. The summed E-state index contributed by atoms with van der Waals surface area (Å²) >= 11 is 1.33.